The third-order valence-corrected chi connectivity index (χ3v) is 0.621. The fourth-order valence-corrected chi connectivity index (χ4v) is 0.295. The standard InChI is InChI=1S/C7H11N.C2H6/c1-3-5-6-7-8-4-2;1-2/h3,5-7H,1,4H2,2H3;1-2H3/b6-5-,8-7?;. The molecule has 10 heavy (non-hydrogen) atoms. The zero-order chi connectivity index (χ0) is 8.24. The van der Waals surface area contributed by atoms with Gasteiger partial charge in [-0.2, -0.15) is 0 Å². The first-order valence-corrected chi connectivity index (χ1v) is 3.69. The molecule has 0 aromatic heterocycles. The first-order valence-electron chi connectivity index (χ1n) is 3.69. The molecule has 0 N–H and O–H groups in total. The molecule has 0 aromatic rings. The highest BCUT2D eigenvalue weighted by Gasteiger charge is 1.59. The van der Waals surface area contributed by atoms with Gasteiger partial charge in [0, 0.05) is 12.8 Å². The second-order valence-electron chi connectivity index (χ2n) is 1.27. The molecular formula is C9H17N. The molecule has 0 atom stereocenters. The van der Waals surface area contributed by atoms with Crippen LogP contribution in [0.25, 0.3) is 0 Å². The van der Waals surface area contributed by atoms with Crippen LogP contribution in [-0.2, 0) is 0 Å². The Morgan fingerprint density at radius 3 is 2.30 bits per heavy atom. The molecule has 1 nitrogen and oxygen atoms in total. The van der Waals surface area contributed by atoms with Gasteiger partial charge in [0.15, 0.2) is 0 Å². The fraction of sp³-hybridized carbons (Fsp3) is 0.444. The van der Waals surface area contributed by atoms with Crippen LogP contribution in [0, 0.1) is 0 Å². The van der Waals surface area contributed by atoms with Gasteiger partial charge < -0.3 is 0 Å². The Morgan fingerprint density at radius 2 is 1.90 bits per heavy atom. The van der Waals surface area contributed by atoms with Crippen LogP contribution < -0.4 is 0 Å². The van der Waals surface area contributed by atoms with E-state index in [-0.39, 0.29) is 0 Å². The Kier molecular flexibility index (Phi) is 18.7. The van der Waals surface area contributed by atoms with Gasteiger partial charge in [-0.05, 0) is 13.0 Å². The molecule has 0 radical (unpaired) electrons. The van der Waals surface area contributed by atoms with Crippen LogP contribution in [0.4, 0.5) is 0 Å². The van der Waals surface area contributed by atoms with Crippen molar-refractivity contribution in [1.82, 2.24) is 0 Å². The largest absolute Gasteiger partial charge is 0.293 e. The molecule has 1 heteroatoms. The summed E-state index contributed by atoms with van der Waals surface area (Å²) in [6, 6.07) is 0. The van der Waals surface area contributed by atoms with Crippen molar-refractivity contribution in [1.29, 1.82) is 0 Å². The monoisotopic (exact) mass is 139 g/mol. The lowest BCUT2D eigenvalue weighted by Crippen LogP contribution is -1.66. The van der Waals surface area contributed by atoms with Gasteiger partial charge in [-0.15, -0.1) is 0 Å². The van der Waals surface area contributed by atoms with Crippen molar-refractivity contribution < 1.29 is 0 Å². The molecule has 0 unspecified atom stereocenters. The Bertz CT molecular complexity index is 101. The van der Waals surface area contributed by atoms with Crippen LogP contribution >= 0.6 is 0 Å². The highest BCUT2D eigenvalue weighted by atomic mass is 14.7. The quantitative estimate of drug-likeness (QED) is 0.421. The molecule has 0 aliphatic rings. The smallest absolute Gasteiger partial charge is 0.0360 e. The topological polar surface area (TPSA) is 12.4 Å². The van der Waals surface area contributed by atoms with Crippen molar-refractivity contribution in [2.45, 2.75) is 20.8 Å². The van der Waals surface area contributed by atoms with Gasteiger partial charge in [-0.1, -0.05) is 32.6 Å². The van der Waals surface area contributed by atoms with E-state index >= 15 is 0 Å². The molecule has 0 aromatic carbocycles. The maximum absolute atomic E-state index is 3.95. The number of hydrogen-bond acceptors (Lipinski definition) is 1. The molecule has 0 saturated carbocycles. The molecule has 58 valence electrons. The molecule has 0 rings (SSSR count). The summed E-state index contributed by atoms with van der Waals surface area (Å²) >= 11 is 0. The van der Waals surface area contributed by atoms with E-state index in [0.717, 1.165) is 6.54 Å². The summed E-state index contributed by atoms with van der Waals surface area (Å²) in [5, 5.41) is 0. The number of rotatable bonds is 3. The van der Waals surface area contributed by atoms with E-state index < -0.39 is 0 Å². The second-order valence-corrected chi connectivity index (χ2v) is 1.27. The highest BCUT2D eigenvalue weighted by Crippen LogP contribution is 1.69. The molecule has 0 aliphatic carbocycles. The molecule has 0 bridgehead atoms. The first kappa shape index (κ1) is 11.9. The van der Waals surface area contributed by atoms with Gasteiger partial charge in [-0.25, -0.2) is 0 Å². The van der Waals surface area contributed by atoms with E-state index in [4.69, 9.17) is 0 Å². The molecular weight excluding hydrogens is 122 g/mol. The zero-order valence-corrected chi connectivity index (χ0v) is 7.17. The number of nitrogens with zero attached hydrogens (tertiary/aromatic N) is 1. The van der Waals surface area contributed by atoms with Crippen LogP contribution in [0.15, 0.2) is 29.8 Å². The highest BCUT2D eigenvalue weighted by molar-refractivity contribution is 5.71. The predicted octanol–water partition coefficient (Wildman–Crippen LogP) is 2.85. The maximum Gasteiger partial charge on any atom is 0.0360 e. The van der Waals surface area contributed by atoms with Crippen molar-refractivity contribution in [3.8, 4) is 0 Å². The predicted molar refractivity (Wildman–Crippen MR) is 49.7 cm³/mol. The van der Waals surface area contributed by atoms with Gasteiger partial charge in [0.1, 0.15) is 0 Å². The normalized spacial score (nSPS) is 9.50. The molecule has 0 amide bonds. The Balaban J connectivity index is 0. The van der Waals surface area contributed by atoms with E-state index in [9.17, 15) is 0 Å². The van der Waals surface area contributed by atoms with Gasteiger partial charge in [0.05, 0.1) is 0 Å². The van der Waals surface area contributed by atoms with Crippen LogP contribution in [0.1, 0.15) is 20.8 Å². The van der Waals surface area contributed by atoms with E-state index in [2.05, 4.69) is 11.6 Å². The summed E-state index contributed by atoms with van der Waals surface area (Å²) in [7, 11) is 0. The number of hydrogen-bond donors (Lipinski definition) is 0. The SMILES string of the molecule is C=C/C=C\C=NCC.CC. The summed E-state index contributed by atoms with van der Waals surface area (Å²) < 4.78 is 0. The van der Waals surface area contributed by atoms with Crippen molar-refractivity contribution in [2.75, 3.05) is 6.54 Å². The average Bonchev–Trinajstić information content (AvgIpc) is 2.02. The van der Waals surface area contributed by atoms with Gasteiger partial charge in [-0.3, -0.25) is 4.99 Å². The number of allylic oxidation sites excluding steroid dienone is 3. The van der Waals surface area contributed by atoms with Crippen molar-refractivity contribution in [3.63, 3.8) is 0 Å². The minimum atomic E-state index is 0.849. The summed E-state index contributed by atoms with van der Waals surface area (Å²) in [4.78, 5) is 3.95. The summed E-state index contributed by atoms with van der Waals surface area (Å²) in [5.41, 5.74) is 0. The Morgan fingerprint density at radius 1 is 1.30 bits per heavy atom. The maximum atomic E-state index is 3.95. The van der Waals surface area contributed by atoms with E-state index in [1.54, 1.807) is 12.3 Å². The first-order chi connectivity index (χ1) is 4.91. The molecule has 0 spiro atoms. The van der Waals surface area contributed by atoms with E-state index in [1.807, 2.05) is 32.9 Å². The minimum Gasteiger partial charge on any atom is -0.293 e. The molecule has 0 fully saturated rings. The lowest BCUT2D eigenvalue weighted by Gasteiger charge is -1.72. The van der Waals surface area contributed by atoms with Crippen LogP contribution in [-0.4, -0.2) is 12.8 Å². The van der Waals surface area contributed by atoms with Gasteiger partial charge in [0.2, 0.25) is 0 Å². The third kappa shape index (κ3) is 15.7. The minimum absolute atomic E-state index is 0.849. The van der Waals surface area contributed by atoms with Crippen molar-refractivity contribution >= 4 is 6.21 Å². The van der Waals surface area contributed by atoms with E-state index in [1.165, 1.54) is 0 Å². The average molecular weight is 139 g/mol. The lowest BCUT2D eigenvalue weighted by molar-refractivity contribution is 1.14. The lowest BCUT2D eigenvalue weighted by atomic mass is 10.5. The second kappa shape index (κ2) is 15.7. The number of aliphatic imine (C=N–C) groups is 1. The Labute approximate surface area is 64.2 Å². The zero-order valence-electron chi connectivity index (χ0n) is 7.17. The van der Waals surface area contributed by atoms with E-state index in [0.29, 0.717) is 0 Å². The molecule has 0 aliphatic heterocycles. The van der Waals surface area contributed by atoms with Crippen LogP contribution in [0.5, 0.6) is 0 Å². The van der Waals surface area contributed by atoms with Gasteiger partial charge >= 0.3 is 0 Å². The van der Waals surface area contributed by atoms with Crippen LogP contribution in [0.2, 0.25) is 0 Å². The summed E-state index contributed by atoms with van der Waals surface area (Å²) in [6.07, 6.45) is 7.19. The fourth-order valence-electron chi connectivity index (χ4n) is 0.295. The van der Waals surface area contributed by atoms with Crippen LogP contribution in [0.3, 0.4) is 0 Å². The van der Waals surface area contributed by atoms with Crippen molar-refractivity contribution in [2.24, 2.45) is 4.99 Å². The van der Waals surface area contributed by atoms with Gasteiger partial charge in [0.25, 0.3) is 0 Å². The summed E-state index contributed by atoms with van der Waals surface area (Å²) in [6.45, 7) is 10.4. The molecule has 0 heterocycles. The third-order valence-electron chi connectivity index (χ3n) is 0.621. The molecule has 0 saturated heterocycles. The van der Waals surface area contributed by atoms with Crippen molar-refractivity contribution in [3.05, 3.63) is 24.8 Å². The Hall–Kier alpha value is -0.850. The summed E-state index contributed by atoms with van der Waals surface area (Å²) in [5.74, 6) is 0.